The molecule has 0 radical (unpaired) electrons. The standard InChI is InChI=1S/C25H25N7O2/c1-14-8-18(21(11-26-14)34-25-20-13-33-22(25)12-27-20)16-6-7-32-17(9-16)10-24(31-32)28-23-5-4-19(29-30-23)15-2-3-15/h4-11,15,20,22,25,27H,2-3,12-13H2,1H3,(H,28,30,31)/t20-,22-,25+/m0/s1. The molecule has 4 aromatic heterocycles. The lowest BCUT2D eigenvalue weighted by atomic mass is 10.1. The van der Waals surface area contributed by atoms with Crippen LogP contribution in [0.1, 0.15) is 30.1 Å². The summed E-state index contributed by atoms with van der Waals surface area (Å²) in [7, 11) is 0. The Bertz CT molecular complexity index is 1350. The van der Waals surface area contributed by atoms with Gasteiger partial charge in [0.1, 0.15) is 18.0 Å². The van der Waals surface area contributed by atoms with Crippen molar-refractivity contribution in [3.05, 3.63) is 60.2 Å². The molecule has 0 aromatic carbocycles. The van der Waals surface area contributed by atoms with Crippen LogP contribution in [0.5, 0.6) is 5.75 Å². The molecule has 2 saturated heterocycles. The third kappa shape index (κ3) is 3.57. The second kappa shape index (κ2) is 7.75. The number of fused-ring (bicyclic) bond motifs is 3. The number of nitrogens with zero attached hydrogens (tertiary/aromatic N) is 5. The molecule has 0 amide bonds. The number of hydrogen-bond donors (Lipinski definition) is 2. The summed E-state index contributed by atoms with van der Waals surface area (Å²) < 4.78 is 14.1. The molecule has 3 fully saturated rings. The maximum atomic E-state index is 6.43. The van der Waals surface area contributed by atoms with Crippen molar-refractivity contribution in [3.8, 4) is 16.9 Å². The van der Waals surface area contributed by atoms with Gasteiger partial charge in [0.15, 0.2) is 11.6 Å². The van der Waals surface area contributed by atoms with E-state index in [1.165, 1.54) is 12.8 Å². The van der Waals surface area contributed by atoms with E-state index in [4.69, 9.17) is 9.47 Å². The quantitative estimate of drug-likeness (QED) is 0.457. The van der Waals surface area contributed by atoms with Gasteiger partial charge in [-0.3, -0.25) is 4.98 Å². The van der Waals surface area contributed by atoms with Crippen LogP contribution >= 0.6 is 0 Å². The van der Waals surface area contributed by atoms with Crippen molar-refractivity contribution in [3.63, 3.8) is 0 Å². The maximum Gasteiger partial charge on any atom is 0.154 e. The van der Waals surface area contributed by atoms with Gasteiger partial charge in [0.2, 0.25) is 0 Å². The minimum absolute atomic E-state index is 0.00479. The summed E-state index contributed by atoms with van der Waals surface area (Å²) in [5.74, 6) is 2.77. The van der Waals surface area contributed by atoms with Gasteiger partial charge >= 0.3 is 0 Å². The number of aryl methyl sites for hydroxylation is 1. The number of pyridine rings is 2. The monoisotopic (exact) mass is 455 g/mol. The van der Waals surface area contributed by atoms with Crippen LogP contribution in [0.3, 0.4) is 0 Å². The minimum atomic E-state index is 0.00479. The average molecular weight is 456 g/mol. The van der Waals surface area contributed by atoms with Crippen molar-refractivity contribution in [2.24, 2.45) is 0 Å². The summed E-state index contributed by atoms with van der Waals surface area (Å²) >= 11 is 0. The van der Waals surface area contributed by atoms with E-state index < -0.39 is 0 Å². The molecule has 9 nitrogen and oxygen atoms in total. The van der Waals surface area contributed by atoms with Gasteiger partial charge in [-0.25, -0.2) is 4.52 Å². The smallest absolute Gasteiger partial charge is 0.154 e. The lowest BCUT2D eigenvalue weighted by Crippen LogP contribution is -2.34. The highest BCUT2D eigenvalue weighted by molar-refractivity contribution is 5.75. The Hall–Kier alpha value is -3.56. The predicted molar refractivity (Wildman–Crippen MR) is 126 cm³/mol. The summed E-state index contributed by atoms with van der Waals surface area (Å²) in [5.41, 5.74) is 5.04. The van der Waals surface area contributed by atoms with Crippen molar-refractivity contribution in [2.45, 2.75) is 43.9 Å². The van der Waals surface area contributed by atoms with E-state index in [0.717, 1.165) is 46.1 Å². The van der Waals surface area contributed by atoms with Gasteiger partial charge in [-0.1, -0.05) is 0 Å². The molecule has 172 valence electrons. The molecule has 2 bridgehead atoms. The van der Waals surface area contributed by atoms with Gasteiger partial charge in [-0.2, -0.15) is 10.2 Å². The molecule has 2 N–H and O–H groups in total. The minimum Gasteiger partial charge on any atom is -0.484 e. The van der Waals surface area contributed by atoms with Gasteiger partial charge in [-0.05, 0) is 55.7 Å². The first-order chi connectivity index (χ1) is 16.7. The van der Waals surface area contributed by atoms with Crippen LogP contribution in [0.25, 0.3) is 16.6 Å². The number of morpholine rings is 1. The van der Waals surface area contributed by atoms with Gasteiger partial charge in [0.05, 0.1) is 30.1 Å². The van der Waals surface area contributed by atoms with Crippen LogP contribution in [-0.2, 0) is 4.74 Å². The van der Waals surface area contributed by atoms with Crippen LogP contribution in [-0.4, -0.2) is 56.2 Å². The Labute approximate surface area is 196 Å². The normalized spacial score (nSPS) is 23.5. The van der Waals surface area contributed by atoms with Crippen molar-refractivity contribution >= 4 is 17.2 Å². The molecule has 0 spiro atoms. The number of rotatable bonds is 6. The Morgan fingerprint density at radius 3 is 2.79 bits per heavy atom. The number of aromatic nitrogens is 5. The van der Waals surface area contributed by atoms with Gasteiger partial charge in [-0.15, -0.1) is 5.10 Å². The van der Waals surface area contributed by atoms with Crippen LogP contribution in [0.4, 0.5) is 11.6 Å². The maximum absolute atomic E-state index is 6.43. The zero-order valence-corrected chi connectivity index (χ0v) is 18.8. The molecule has 1 aliphatic carbocycles. The van der Waals surface area contributed by atoms with E-state index in [-0.39, 0.29) is 18.2 Å². The molecule has 6 heterocycles. The molecular weight excluding hydrogens is 430 g/mol. The molecule has 3 aliphatic rings. The largest absolute Gasteiger partial charge is 0.484 e. The van der Waals surface area contributed by atoms with Gasteiger partial charge < -0.3 is 20.1 Å². The van der Waals surface area contributed by atoms with E-state index in [1.807, 2.05) is 48.1 Å². The van der Waals surface area contributed by atoms with Gasteiger partial charge in [0, 0.05) is 36.0 Å². The summed E-state index contributed by atoms with van der Waals surface area (Å²) in [6, 6.07) is 12.5. The average Bonchev–Trinajstić information content (AvgIpc) is 3.40. The third-order valence-electron chi connectivity index (χ3n) is 6.81. The van der Waals surface area contributed by atoms with Gasteiger partial charge in [0.25, 0.3) is 0 Å². The van der Waals surface area contributed by atoms with Crippen LogP contribution < -0.4 is 15.4 Å². The zero-order valence-electron chi connectivity index (χ0n) is 18.8. The SMILES string of the molecule is Cc1cc(-c2ccn3nc(Nc4ccc(C5CC5)nn4)cc3c2)c(O[C@@H]2[C@@H]3CO[C@H]2CN3)cn1. The number of ether oxygens (including phenoxy) is 2. The fraction of sp³-hybridized carbons (Fsp3) is 0.360. The molecule has 7 rings (SSSR count). The third-order valence-corrected chi connectivity index (χ3v) is 6.81. The number of hydrogen-bond acceptors (Lipinski definition) is 8. The van der Waals surface area contributed by atoms with Crippen molar-refractivity contribution < 1.29 is 9.47 Å². The first kappa shape index (κ1) is 19.9. The molecule has 3 atom stereocenters. The highest BCUT2D eigenvalue weighted by Crippen LogP contribution is 2.39. The fourth-order valence-electron chi connectivity index (χ4n) is 4.83. The fourth-order valence-corrected chi connectivity index (χ4v) is 4.83. The summed E-state index contributed by atoms with van der Waals surface area (Å²) in [5, 5.41) is 20.0. The number of anilines is 2. The van der Waals surface area contributed by atoms with E-state index in [1.54, 1.807) is 0 Å². The Balaban J connectivity index is 1.17. The zero-order chi connectivity index (χ0) is 22.6. The van der Waals surface area contributed by atoms with E-state index in [2.05, 4.69) is 43.0 Å². The highest BCUT2D eigenvalue weighted by atomic mass is 16.6. The second-order valence-corrected chi connectivity index (χ2v) is 9.35. The summed E-state index contributed by atoms with van der Waals surface area (Å²) in [6.45, 7) is 3.51. The van der Waals surface area contributed by atoms with Crippen LogP contribution in [0.15, 0.2) is 48.8 Å². The van der Waals surface area contributed by atoms with E-state index in [0.29, 0.717) is 18.3 Å². The van der Waals surface area contributed by atoms with Crippen molar-refractivity contribution in [1.29, 1.82) is 0 Å². The first-order valence-electron chi connectivity index (χ1n) is 11.8. The topological polar surface area (TPSA) is 98.5 Å². The summed E-state index contributed by atoms with van der Waals surface area (Å²) in [6.07, 6.45) is 6.30. The highest BCUT2D eigenvalue weighted by Gasteiger charge is 2.45. The van der Waals surface area contributed by atoms with Crippen molar-refractivity contribution in [2.75, 3.05) is 18.5 Å². The van der Waals surface area contributed by atoms with E-state index in [9.17, 15) is 0 Å². The second-order valence-electron chi connectivity index (χ2n) is 9.35. The van der Waals surface area contributed by atoms with E-state index >= 15 is 0 Å². The predicted octanol–water partition coefficient (Wildman–Crippen LogP) is 3.23. The first-order valence-corrected chi connectivity index (χ1v) is 11.8. The molecule has 34 heavy (non-hydrogen) atoms. The van der Waals surface area contributed by atoms with Crippen molar-refractivity contribution in [1.82, 2.24) is 30.1 Å². The molecule has 1 saturated carbocycles. The Morgan fingerprint density at radius 1 is 1.12 bits per heavy atom. The molecule has 4 aromatic rings. The van der Waals surface area contributed by atoms with Crippen LogP contribution in [0.2, 0.25) is 0 Å². The number of nitrogens with one attached hydrogen (secondary N) is 2. The lowest BCUT2D eigenvalue weighted by Gasteiger charge is -2.19. The summed E-state index contributed by atoms with van der Waals surface area (Å²) in [4.78, 5) is 4.49. The molecule has 9 heteroatoms. The molecule has 0 unspecified atom stereocenters. The lowest BCUT2D eigenvalue weighted by molar-refractivity contribution is 0.0596. The molecular formula is C25H25N7O2. The Morgan fingerprint density at radius 2 is 2.06 bits per heavy atom. The Kier molecular flexibility index (Phi) is 4.53. The molecule has 2 aliphatic heterocycles. The van der Waals surface area contributed by atoms with Crippen LogP contribution in [0, 0.1) is 6.92 Å².